The molecule has 1 amide bonds. The number of rotatable bonds is 4. The van der Waals surface area contributed by atoms with Crippen LogP contribution < -0.4 is 10.2 Å². The highest BCUT2D eigenvalue weighted by Crippen LogP contribution is 2.36. The summed E-state index contributed by atoms with van der Waals surface area (Å²) in [5.41, 5.74) is 0.610. The fourth-order valence-corrected chi connectivity index (χ4v) is 2.63. The standard InChI is InChI=1S/C12H12BrFN2O2/c1-15-3-2-4-16-10-8(11(17)12(16)18)5-7(14)6-9(10)13/h5-6,15H,2-4H2,1H3. The largest absolute Gasteiger partial charge is 0.320 e. The lowest BCUT2D eigenvalue weighted by Gasteiger charge is -2.17. The second-order valence-corrected chi connectivity index (χ2v) is 4.88. The Balaban J connectivity index is 2.36. The quantitative estimate of drug-likeness (QED) is 0.680. The van der Waals surface area contributed by atoms with Gasteiger partial charge in [0.25, 0.3) is 11.7 Å². The molecule has 4 nitrogen and oxygen atoms in total. The molecular weight excluding hydrogens is 303 g/mol. The zero-order chi connectivity index (χ0) is 13.3. The number of ketones is 1. The lowest BCUT2D eigenvalue weighted by molar-refractivity contribution is -0.114. The highest BCUT2D eigenvalue weighted by Gasteiger charge is 2.37. The summed E-state index contributed by atoms with van der Waals surface area (Å²) in [6.07, 6.45) is 0.721. The van der Waals surface area contributed by atoms with Crippen LogP contribution in [0.1, 0.15) is 16.8 Å². The predicted molar refractivity (Wildman–Crippen MR) is 69.3 cm³/mol. The van der Waals surface area contributed by atoms with Crippen molar-refractivity contribution in [3.05, 3.63) is 28.0 Å². The number of halogens is 2. The van der Waals surface area contributed by atoms with Gasteiger partial charge in [0.05, 0.1) is 11.3 Å². The third-order valence-corrected chi connectivity index (χ3v) is 3.40. The molecule has 1 aromatic carbocycles. The van der Waals surface area contributed by atoms with Crippen LogP contribution in [0.2, 0.25) is 0 Å². The molecule has 96 valence electrons. The molecule has 6 heteroatoms. The van der Waals surface area contributed by atoms with E-state index in [1.54, 1.807) is 0 Å². The van der Waals surface area contributed by atoms with Gasteiger partial charge in [0.15, 0.2) is 0 Å². The van der Waals surface area contributed by atoms with Crippen LogP contribution in [-0.2, 0) is 4.79 Å². The first-order valence-electron chi connectivity index (χ1n) is 5.56. The van der Waals surface area contributed by atoms with Gasteiger partial charge in [-0.2, -0.15) is 0 Å². The van der Waals surface area contributed by atoms with Gasteiger partial charge in [-0.1, -0.05) is 0 Å². The predicted octanol–water partition coefficient (Wildman–Crippen LogP) is 1.73. The topological polar surface area (TPSA) is 49.4 Å². The molecule has 0 fully saturated rings. The first kappa shape index (κ1) is 13.2. The Kier molecular flexibility index (Phi) is 3.77. The van der Waals surface area contributed by atoms with Gasteiger partial charge in [0.1, 0.15) is 5.82 Å². The number of fused-ring (bicyclic) bond motifs is 1. The Morgan fingerprint density at radius 1 is 1.39 bits per heavy atom. The molecule has 0 atom stereocenters. The highest BCUT2D eigenvalue weighted by molar-refractivity contribution is 9.10. The number of hydrogen-bond acceptors (Lipinski definition) is 3. The minimum atomic E-state index is -0.644. The summed E-state index contributed by atoms with van der Waals surface area (Å²) in [4.78, 5) is 25.0. The Morgan fingerprint density at radius 2 is 2.11 bits per heavy atom. The molecule has 18 heavy (non-hydrogen) atoms. The average molecular weight is 315 g/mol. The third-order valence-electron chi connectivity index (χ3n) is 2.79. The first-order chi connectivity index (χ1) is 8.56. The van der Waals surface area contributed by atoms with Crippen LogP contribution in [0.3, 0.4) is 0 Å². The summed E-state index contributed by atoms with van der Waals surface area (Å²) in [6.45, 7) is 1.18. The summed E-state index contributed by atoms with van der Waals surface area (Å²) in [6, 6.07) is 2.37. The Bertz CT molecular complexity index is 519. The molecule has 0 aliphatic carbocycles. The fraction of sp³-hybridized carbons (Fsp3) is 0.333. The number of Topliss-reactive ketones (excluding diaryl/α,β-unsaturated/α-hetero) is 1. The summed E-state index contributed by atoms with van der Waals surface area (Å²) in [7, 11) is 1.82. The summed E-state index contributed by atoms with van der Waals surface area (Å²) < 4.78 is 13.7. The number of nitrogens with zero attached hydrogens (tertiary/aromatic N) is 1. The second kappa shape index (κ2) is 5.16. The number of benzene rings is 1. The van der Waals surface area contributed by atoms with Gasteiger partial charge in [0.2, 0.25) is 0 Å². The Labute approximate surface area is 112 Å². The van der Waals surface area contributed by atoms with Crippen molar-refractivity contribution < 1.29 is 14.0 Å². The maximum absolute atomic E-state index is 13.2. The van der Waals surface area contributed by atoms with Gasteiger partial charge in [-0.05, 0) is 48.1 Å². The van der Waals surface area contributed by atoms with Gasteiger partial charge in [-0.15, -0.1) is 0 Å². The lowest BCUT2D eigenvalue weighted by atomic mass is 10.1. The molecule has 0 radical (unpaired) electrons. The van der Waals surface area contributed by atoms with E-state index in [1.807, 2.05) is 7.05 Å². The van der Waals surface area contributed by atoms with E-state index in [0.717, 1.165) is 19.0 Å². The number of anilines is 1. The molecule has 0 saturated carbocycles. The van der Waals surface area contributed by atoms with Crippen LogP contribution in [0.4, 0.5) is 10.1 Å². The maximum Gasteiger partial charge on any atom is 0.299 e. The molecule has 0 spiro atoms. The normalized spacial score (nSPS) is 14.3. The van der Waals surface area contributed by atoms with Crippen molar-refractivity contribution in [2.75, 3.05) is 25.0 Å². The molecule has 2 rings (SSSR count). The van der Waals surface area contributed by atoms with Gasteiger partial charge >= 0.3 is 0 Å². The van der Waals surface area contributed by atoms with Crippen LogP contribution in [0, 0.1) is 5.82 Å². The summed E-state index contributed by atoms with van der Waals surface area (Å²) >= 11 is 3.20. The summed E-state index contributed by atoms with van der Waals surface area (Å²) in [5, 5.41) is 2.97. The minimum Gasteiger partial charge on any atom is -0.320 e. The van der Waals surface area contributed by atoms with Crippen LogP contribution >= 0.6 is 15.9 Å². The monoisotopic (exact) mass is 314 g/mol. The lowest BCUT2D eigenvalue weighted by Crippen LogP contribution is -2.32. The van der Waals surface area contributed by atoms with Crippen molar-refractivity contribution in [2.24, 2.45) is 0 Å². The third kappa shape index (κ3) is 2.18. The zero-order valence-electron chi connectivity index (χ0n) is 9.80. The smallest absolute Gasteiger partial charge is 0.299 e. The van der Waals surface area contributed by atoms with Crippen molar-refractivity contribution in [1.82, 2.24) is 5.32 Å². The Hall–Kier alpha value is -1.27. The molecule has 1 aliphatic heterocycles. The molecule has 0 bridgehead atoms. The van der Waals surface area contributed by atoms with E-state index in [1.165, 1.54) is 11.0 Å². The number of nitrogens with one attached hydrogen (secondary N) is 1. The zero-order valence-corrected chi connectivity index (χ0v) is 11.4. The van der Waals surface area contributed by atoms with Crippen LogP contribution in [0.25, 0.3) is 0 Å². The fourth-order valence-electron chi connectivity index (χ4n) is 1.98. The number of carbonyl (C=O) groups is 2. The molecule has 1 aliphatic rings. The molecular formula is C12H12BrFN2O2. The van der Waals surface area contributed by atoms with E-state index < -0.39 is 17.5 Å². The van der Waals surface area contributed by atoms with E-state index in [9.17, 15) is 14.0 Å². The SMILES string of the molecule is CNCCCN1C(=O)C(=O)c2cc(F)cc(Br)c21. The second-order valence-electron chi connectivity index (χ2n) is 4.03. The molecule has 0 saturated heterocycles. The van der Waals surface area contributed by atoms with E-state index in [4.69, 9.17) is 0 Å². The Morgan fingerprint density at radius 3 is 2.78 bits per heavy atom. The van der Waals surface area contributed by atoms with Crippen molar-refractivity contribution in [3.8, 4) is 0 Å². The summed E-state index contributed by atoms with van der Waals surface area (Å²) in [5.74, 6) is -1.76. The van der Waals surface area contributed by atoms with E-state index >= 15 is 0 Å². The van der Waals surface area contributed by atoms with Crippen molar-refractivity contribution in [2.45, 2.75) is 6.42 Å². The number of amides is 1. The first-order valence-corrected chi connectivity index (χ1v) is 6.35. The van der Waals surface area contributed by atoms with Gasteiger partial charge in [-0.25, -0.2) is 4.39 Å². The van der Waals surface area contributed by atoms with Crippen molar-refractivity contribution >= 4 is 33.3 Å². The molecule has 0 aromatic heterocycles. The van der Waals surface area contributed by atoms with E-state index in [0.29, 0.717) is 16.7 Å². The van der Waals surface area contributed by atoms with Gasteiger partial charge in [-0.3, -0.25) is 9.59 Å². The van der Waals surface area contributed by atoms with E-state index in [-0.39, 0.29) is 5.56 Å². The van der Waals surface area contributed by atoms with Gasteiger partial charge in [0, 0.05) is 11.0 Å². The number of carbonyl (C=O) groups excluding carboxylic acids is 2. The molecule has 0 unspecified atom stereocenters. The minimum absolute atomic E-state index is 0.135. The van der Waals surface area contributed by atoms with Crippen molar-refractivity contribution in [1.29, 1.82) is 0 Å². The van der Waals surface area contributed by atoms with Crippen LogP contribution in [0.15, 0.2) is 16.6 Å². The van der Waals surface area contributed by atoms with Crippen LogP contribution in [0.5, 0.6) is 0 Å². The van der Waals surface area contributed by atoms with Gasteiger partial charge < -0.3 is 10.2 Å². The highest BCUT2D eigenvalue weighted by atomic mass is 79.9. The van der Waals surface area contributed by atoms with E-state index in [2.05, 4.69) is 21.2 Å². The molecule has 1 N–H and O–H groups in total. The van der Waals surface area contributed by atoms with Crippen molar-refractivity contribution in [3.63, 3.8) is 0 Å². The number of hydrogen-bond donors (Lipinski definition) is 1. The maximum atomic E-state index is 13.2. The molecule has 1 heterocycles. The van der Waals surface area contributed by atoms with Crippen LogP contribution in [-0.4, -0.2) is 31.8 Å². The molecule has 1 aromatic rings. The average Bonchev–Trinajstić information content (AvgIpc) is 2.55.